The number of sulfonamides is 1. The van der Waals surface area contributed by atoms with Crippen LogP contribution in [0.4, 0.5) is 0 Å². The summed E-state index contributed by atoms with van der Waals surface area (Å²) in [6.07, 6.45) is 2.71. The Balaban J connectivity index is 2.07. The Kier molecular flexibility index (Phi) is 3.96. The van der Waals surface area contributed by atoms with Gasteiger partial charge in [0.25, 0.3) is 0 Å². The number of carbonyl (C=O) groups excluding carboxylic acids is 2. The van der Waals surface area contributed by atoms with E-state index < -0.39 is 16.0 Å². The Bertz CT molecular complexity index is 472. The fourth-order valence-corrected chi connectivity index (χ4v) is 4.23. The predicted molar refractivity (Wildman–Crippen MR) is 67.8 cm³/mol. The summed E-state index contributed by atoms with van der Waals surface area (Å²) in [6.45, 7) is 0.791. The summed E-state index contributed by atoms with van der Waals surface area (Å²) in [7, 11) is -1.94. The molecule has 0 spiro atoms. The van der Waals surface area contributed by atoms with Crippen molar-refractivity contribution in [2.24, 2.45) is 17.8 Å². The van der Waals surface area contributed by atoms with Crippen LogP contribution in [0.2, 0.25) is 0 Å². The van der Waals surface area contributed by atoms with Gasteiger partial charge in [-0.3, -0.25) is 9.59 Å². The van der Waals surface area contributed by atoms with Crippen LogP contribution in [0, 0.1) is 17.8 Å². The van der Waals surface area contributed by atoms with Crippen molar-refractivity contribution in [1.82, 2.24) is 4.31 Å². The Morgan fingerprint density at radius 1 is 1.21 bits per heavy atom. The van der Waals surface area contributed by atoms with Gasteiger partial charge in [-0.2, -0.15) is 0 Å². The highest BCUT2D eigenvalue weighted by atomic mass is 32.2. The standard InChI is InChI=1S/C12H19NO5S/c1-18-11(15)5-10(14)12-8-3-4-9(12)7-13(6-8)19(2,16)17/h8-9,12H,3-7H2,1-2H3. The maximum atomic E-state index is 12.1. The summed E-state index contributed by atoms with van der Waals surface area (Å²) in [6, 6.07) is 0. The van der Waals surface area contributed by atoms with Gasteiger partial charge in [0.15, 0.2) is 0 Å². The predicted octanol–water partition coefficient (Wildman–Crippen LogP) is 0.0362. The quantitative estimate of drug-likeness (QED) is 0.539. The summed E-state index contributed by atoms with van der Waals surface area (Å²) in [4.78, 5) is 23.3. The van der Waals surface area contributed by atoms with E-state index in [-0.39, 0.29) is 30.0 Å². The molecule has 1 heterocycles. The van der Waals surface area contributed by atoms with Crippen molar-refractivity contribution in [2.45, 2.75) is 19.3 Å². The molecule has 1 aliphatic carbocycles. The molecule has 1 aliphatic heterocycles. The minimum absolute atomic E-state index is 0.0469. The lowest BCUT2D eigenvalue weighted by Gasteiger charge is -2.35. The van der Waals surface area contributed by atoms with Crippen molar-refractivity contribution in [3.8, 4) is 0 Å². The molecule has 2 unspecified atom stereocenters. The summed E-state index contributed by atoms with van der Waals surface area (Å²) >= 11 is 0. The van der Waals surface area contributed by atoms with Crippen molar-refractivity contribution in [2.75, 3.05) is 26.5 Å². The molecular formula is C12H19NO5S. The third-order valence-corrected chi connectivity index (χ3v) is 5.42. The SMILES string of the molecule is COC(=O)CC(=O)C1C2CCC1CN(S(C)(=O)=O)C2. The third-order valence-electron chi connectivity index (χ3n) is 4.19. The van der Waals surface area contributed by atoms with Crippen molar-refractivity contribution in [3.63, 3.8) is 0 Å². The second kappa shape index (κ2) is 5.20. The fraction of sp³-hybridized carbons (Fsp3) is 0.833. The molecule has 1 saturated carbocycles. The molecular weight excluding hydrogens is 270 g/mol. The lowest BCUT2D eigenvalue weighted by Crippen LogP contribution is -2.47. The molecule has 2 atom stereocenters. The molecule has 19 heavy (non-hydrogen) atoms. The zero-order valence-electron chi connectivity index (χ0n) is 11.2. The van der Waals surface area contributed by atoms with E-state index in [1.807, 2.05) is 0 Å². The van der Waals surface area contributed by atoms with E-state index in [1.165, 1.54) is 17.7 Å². The van der Waals surface area contributed by atoms with Crippen molar-refractivity contribution in [3.05, 3.63) is 0 Å². The summed E-state index contributed by atoms with van der Waals surface area (Å²) in [5, 5.41) is 0. The number of rotatable bonds is 4. The van der Waals surface area contributed by atoms with Gasteiger partial charge in [0, 0.05) is 19.0 Å². The van der Waals surface area contributed by atoms with Crippen LogP contribution in [-0.4, -0.2) is 50.9 Å². The average Bonchev–Trinajstić information content (AvgIpc) is 2.58. The highest BCUT2D eigenvalue weighted by Gasteiger charge is 2.47. The number of carbonyl (C=O) groups is 2. The molecule has 0 amide bonds. The van der Waals surface area contributed by atoms with Gasteiger partial charge in [0.1, 0.15) is 12.2 Å². The lowest BCUT2D eigenvalue weighted by atomic mass is 9.82. The van der Waals surface area contributed by atoms with Crippen LogP contribution in [0.3, 0.4) is 0 Å². The average molecular weight is 289 g/mol. The van der Waals surface area contributed by atoms with Crippen LogP contribution < -0.4 is 0 Å². The normalized spacial score (nSPS) is 31.2. The highest BCUT2D eigenvalue weighted by Crippen LogP contribution is 2.43. The molecule has 2 bridgehead atoms. The highest BCUT2D eigenvalue weighted by molar-refractivity contribution is 7.88. The molecule has 7 heteroatoms. The largest absolute Gasteiger partial charge is 0.469 e. The number of piperidine rings is 1. The van der Waals surface area contributed by atoms with Gasteiger partial charge in [-0.25, -0.2) is 12.7 Å². The van der Waals surface area contributed by atoms with Crippen LogP contribution in [0.1, 0.15) is 19.3 Å². The smallest absolute Gasteiger partial charge is 0.313 e. The van der Waals surface area contributed by atoms with Crippen molar-refractivity contribution < 1.29 is 22.7 Å². The van der Waals surface area contributed by atoms with Gasteiger partial charge in [-0.1, -0.05) is 0 Å². The third kappa shape index (κ3) is 2.97. The number of nitrogens with zero attached hydrogens (tertiary/aromatic N) is 1. The first kappa shape index (κ1) is 14.5. The molecule has 0 aromatic carbocycles. The molecule has 0 aromatic rings. The number of Topliss-reactive ketones (excluding diaryl/α,β-unsaturated/α-hetero) is 1. The van der Waals surface area contributed by atoms with Crippen LogP contribution in [0.25, 0.3) is 0 Å². The van der Waals surface area contributed by atoms with E-state index >= 15 is 0 Å². The topological polar surface area (TPSA) is 80.8 Å². The summed E-state index contributed by atoms with van der Waals surface area (Å²) in [5.74, 6) is -0.712. The molecule has 1 saturated heterocycles. The van der Waals surface area contributed by atoms with Gasteiger partial charge >= 0.3 is 5.97 Å². The lowest BCUT2D eigenvalue weighted by molar-refractivity contribution is -0.145. The molecule has 2 aliphatic rings. The number of ether oxygens (including phenoxy) is 1. The number of ketones is 1. The van der Waals surface area contributed by atoms with Crippen LogP contribution in [0.5, 0.6) is 0 Å². The second-order valence-electron chi connectivity index (χ2n) is 5.42. The molecule has 6 nitrogen and oxygen atoms in total. The van der Waals surface area contributed by atoms with Gasteiger partial charge < -0.3 is 4.74 Å². The van der Waals surface area contributed by atoms with Crippen molar-refractivity contribution >= 4 is 21.8 Å². The molecule has 0 aromatic heterocycles. The Morgan fingerprint density at radius 2 is 1.74 bits per heavy atom. The molecule has 108 valence electrons. The van der Waals surface area contributed by atoms with Crippen molar-refractivity contribution in [1.29, 1.82) is 0 Å². The minimum atomic E-state index is -3.20. The number of esters is 1. The molecule has 2 fully saturated rings. The first-order chi connectivity index (χ1) is 8.82. The van der Waals surface area contributed by atoms with E-state index in [4.69, 9.17) is 0 Å². The second-order valence-corrected chi connectivity index (χ2v) is 7.40. The minimum Gasteiger partial charge on any atom is -0.469 e. The first-order valence-corrected chi connectivity index (χ1v) is 8.22. The molecule has 0 radical (unpaired) electrons. The van der Waals surface area contributed by atoms with E-state index in [2.05, 4.69) is 4.74 Å². The zero-order valence-corrected chi connectivity index (χ0v) is 12.0. The van der Waals surface area contributed by atoms with E-state index in [0.29, 0.717) is 13.1 Å². The van der Waals surface area contributed by atoms with Gasteiger partial charge in [-0.15, -0.1) is 0 Å². The van der Waals surface area contributed by atoms with E-state index in [0.717, 1.165) is 12.8 Å². The summed E-state index contributed by atoms with van der Waals surface area (Å²) in [5.41, 5.74) is 0. The summed E-state index contributed by atoms with van der Waals surface area (Å²) < 4.78 is 29.1. The van der Waals surface area contributed by atoms with Crippen LogP contribution >= 0.6 is 0 Å². The van der Waals surface area contributed by atoms with Crippen LogP contribution in [0.15, 0.2) is 0 Å². The maximum absolute atomic E-state index is 12.1. The number of methoxy groups -OCH3 is 1. The van der Waals surface area contributed by atoms with E-state index in [1.54, 1.807) is 0 Å². The first-order valence-electron chi connectivity index (χ1n) is 6.37. The maximum Gasteiger partial charge on any atom is 0.313 e. The Labute approximate surface area is 113 Å². The van der Waals surface area contributed by atoms with Gasteiger partial charge in [0.05, 0.1) is 13.4 Å². The Hall–Kier alpha value is -0.950. The molecule has 0 N–H and O–H groups in total. The van der Waals surface area contributed by atoms with E-state index in [9.17, 15) is 18.0 Å². The van der Waals surface area contributed by atoms with Crippen LogP contribution in [-0.2, 0) is 24.3 Å². The Morgan fingerprint density at radius 3 is 2.16 bits per heavy atom. The molecule has 2 rings (SSSR count). The number of fused-ring (bicyclic) bond motifs is 2. The number of hydrogen-bond donors (Lipinski definition) is 0. The van der Waals surface area contributed by atoms with Gasteiger partial charge in [0.2, 0.25) is 10.0 Å². The zero-order chi connectivity index (χ0) is 14.2. The number of hydrogen-bond acceptors (Lipinski definition) is 5. The fourth-order valence-electron chi connectivity index (χ4n) is 3.31. The monoisotopic (exact) mass is 289 g/mol. The van der Waals surface area contributed by atoms with Gasteiger partial charge in [-0.05, 0) is 24.7 Å².